The standard InChI is InChI=1S/C26H33N5O2/c1-5-22-23(6-2)30-25-24(29-22)15-20(16-27-25)31-13-11-19(12-14-31)26(32)28-17(3)18-7-9-21(33-4)10-8-18/h7-10,15-17,19H,5-6,11-14H2,1-4H3,(H,28,32). The maximum atomic E-state index is 12.9. The van der Waals surface area contributed by atoms with Gasteiger partial charge in [-0.25, -0.2) is 15.0 Å². The molecular weight excluding hydrogens is 414 g/mol. The zero-order valence-electron chi connectivity index (χ0n) is 20.0. The predicted octanol–water partition coefficient (Wildman–Crippen LogP) is 4.25. The van der Waals surface area contributed by atoms with Crippen molar-refractivity contribution in [2.24, 2.45) is 5.92 Å². The van der Waals surface area contributed by atoms with E-state index in [9.17, 15) is 4.79 Å². The average molecular weight is 448 g/mol. The lowest BCUT2D eigenvalue weighted by molar-refractivity contribution is -0.126. The molecule has 1 amide bonds. The van der Waals surface area contributed by atoms with E-state index in [0.717, 1.165) is 72.7 Å². The largest absolute Gasteiger partial charge is 0.497 e. The predicted molar refractivity (Wildman–Crippen MR) is 131 cm³/mol. The molecule has 1 saturated heterocycles. The van der Waals surface area contributed by atoms with E-state index in [-0.39, 0.29) is 17.9 Å². The lowest BCUT2D eigenvalue weighted by Gasteiger charge is -2.33. The van der Waals surface area contributed by atoms with Gasteiger partial charge < -0.3 is 15.0 Å². The van der Waals surface area contributed by atoms with E-state index in [0.29, 0.717) is 5.65 Å². The van der Waals surface area contributed by atoms with Crippen LogP contribution in [0.5, 0.6) is 5.75 Å². The monoisotopic (exact) mass is 447 g/mol. The van der Waals surface area contributed by atoms with Gasteiger partial charge in [0.05, 0.1) is 36.4 Å². The molecule has 7 heteroatoms. The number of methoxy groups -OCH3 is 1. The van der Waals surface area contributed by atoms with Crippen molar-refractivity contribution >= 4 is 22.8 Å². The van der Waals surface area contributed by atoms with Crippen LogP contribution in [-0.4, -0.2) is 41.1 Å². The molecular formula is C26H33N5O2. The number of amides is 1. The summed E-state index contributed by atoms with van der Waals surface area (Å²) < 4.78 is 5.21. The molecule has 0 saturated carbocycles. The fraction of sp³-hybridized carbons (Fsp3) is 0.462. The van der Waals surface area contributed by atoms with Crippen molar-refractivity contribution in [1.29, 1.82) is 0 Å². The van der Waals surface area contributed by atoms with E-state index >= 15 is 0 Å². The maximum absolute atomic E-state index is 12.9. The fourth-order valence-electron chi connectivity index (χ4n) is 4.45. The van der Waals surface area contributed by atoms with Crippen molar-refractivity contribution in [3.8, 4) is 5.75 Å². The van der Waals surface area contributed by atoms with Gasteiger partial charge in [-0.3, -0.25) is 4.79 Å². The van der Waals surface area contributed by atoms with Crippen LogP contribution in [0, 0.1) is 5.92 Å². The Hall–Kier alpha value is -3.22. The lowest BCUT2D eigenvalue weighted by Crippen LogP contribution is -2.41. The Bertz CT molecular complexity index is 1110. The van der Waals surface area contributed by atoms with Crippen molar-refractivity contribution in [2.75, 3.05) is 25.1 Å². The molecule has 1 atom stereocenters. The van der Waals surface area contributed by atoms with Crippen LogP contribution >= 0.6 is 0 Å². The van der Waals surface area contributed by atoms with Crippen molar-refractivity contribution in [1.82, 2.24) is 20.3 Å². The summed E-state index contributed by atoms with van der Waals surface area (Å²) in [7, 11) is 1.65. The molecule has 1 N–H and O–H groups in total. The fourth-order valence-corrected chi connectivity index (χ4v) is 4.45. The van der Waals surface area contributed by atoms with Gasteiger partial charge in [0.15, 0.2) is 5.65 Å². The number of piperidine rings is 1. The lowest BCUT2D eigenvalue weighted by atomic mass is 9.95. The van der Waals surface area contributed by atoms with Crippen LogP contribution in [-0.2, 0) is 17.6 Å². The molecule has 1 aliphatic heterocycles. The number of pyridine rings is 1. The Morgan fingerprint density at radius 3 is 2.42 bits per heavy atom. The summed E-state index contributed by atoms with van der Waals surface area (Å²) in [6, 6.07) is 9.88. The number of nitrogens with zero attached hydrogens (tertiary/aromatic N) is 4. The molecule has 0 spiro atoms. The molecule has 0 radical (unpaired) electrons. The SMILES string of the molecule is CCc1nc2cc(N3CCC(C(=O)NC(C)c4ccc(OC)cc4)CC3)cnc2nc1CC. The first-order valence-corrected chi connectivity index (χ1v) is 11.9. The van der Waals surface area contributed by atoms with Gasteiger partial charge in [-0.1, -0.05) is 26.0 Å². The number of fused-ring (bicyclic) bond motifs is 1. The minimum atomic E-state index is -0.0366. The summed E-state index contributed by atoms with van der Waals surface area (Å²) in [5.74, 6) is 0.963. The number of carbonyl (C=O) groups is 1. The number of aryl methyl sites for hydroxylation is 2. The highest BCUT2D eigenvalue weighted by atomic mass is 16.5. The summed E-state index contributed by atoms with van der Waals surface area (Å²) in [4.78, 5) is 29.2. The van der Waals surface area contributed by atoms with Gasteiger partial charge in [0, 0.05) is 19.0 Å². The summed E-state index contributed by atoms with van der Waals surface area (Å²) >= 11 is 0. The molecule has 33 heavy (non-hydrogen) atoms. The number of ether oxygens (including phenoxy) is 1. The van der Waals surface area contributed by atoms with Gasteiger partial charge >= 0.3 is 0 Å². The van der Waals surface area contributed by atoms with Gasteiger partial charge in [0.2, 0.25) is 5.91 Å². The van der Waals surface area contributed by atoms with Gasteiger partial charge in [-0.2, -0.15) is 0 Å². The van der Waals surface area contributed by atoms with Crippen molar-refractivity contribution in [3.63, 3.8) is 0 Å². The second-order valence-electron chi connectivity index (χ2n) is 8.63. The number of benzene rings is 1. The third-order valence-corrected chi connectivity index (χ3v) is 6.54. The Morgan fingerprint density at radius 2 is 1.79 bits per heavy atom. The number of nitrogens with one attached hydrogen (secondary N) is 1. The van der Waals surface area contributed by atoms with Crippen LogP contribution in [0.15, 0.2) is 36.5 Å². The molecule has 1 aliphatic rings. The van der Waals surface area contributed by atoms with Gasteiger partial charge in [0.25, 0.3) is 0 Å². The van der Waals surface area contributed by atoms with Crippen LogP contribution in [0.2, 0.25) is 0 Å². The molecule has 1 aromatic carbocycles. The van der Waals surface area contributed by atoms with Gasteiger partial charge in [0.1, 0.15) is 11.3 Å². The Labute approximate surface area is 195 Å². The Morgan fingerprint density at radius 1 is 1.12 bits per heavy atom. The van der Waals surface area contributed by atoms with E-state index in [1.54, 1.807) is 7.11 Å². The quantitative estimate of drug-likeness (QED) is 0.583. The van der Waals surface area contributed by atoms with E-state index < -0.39 is 0 Å². The minimum Gasteiger partial charge on any atom is -0.497 e. The molecule has 7 nitrogen and oxygen atoms in total. The third kappa shape index (κ3) is 5.07. The van der Waals surface area contributed by atoms with E-state index in [4.69, 9.17) is 14.7 Å². The molecule has 0 aliphatic carbocycles. The first kappa shape index (κ1) is 23.0. The smallest absolute Gasteiger partial charge is 0.223 e. The first-order chi connectivity index (χ1) is 16.0. The molecule has 4 rings (SSSR count). The van der Waals surface area contributed by atoms with Gasteiger partial charge in [-0.15, -0.1) is 0 Å². The molecule has 1 unspecified atom stereocenters. The van der Waals surface area contributed by atoms with Crippen molar-refractivity contribution < 1.29 is 9.53 Å². The number of carbonyl (C=O) groups excluding carboxylic acids is 1. The third-order valence-electron chi connectivity index (χ3n) is 6.54. The minimum absolute atomic E-state index is 0.0222. The molecule has 0 bridgehead atoms. The second-order valence-corrected chi connectivity index (χ2v) is 8.63. The molecule has 3 aromatic rings. The summed E-state index contributed by atoms with van der Waals surface area (Å²) in [5.41, 5.74) is 5.74. The van der Waals surface area contributed by atoms with Gasteiger partial charge in [-0.05, 0) is 56.4 Å². The number of aromatic nitrogens is 3. The summed E-state index contributed by atoms with van der Waals surface area (Å²) in [5, 5.41) is 3.18. The van der Waals surface area contributed by atoms with E-state index in [1.165, 1.54) is 0 Å². The van der Waals surface area contributed by atoms with E-state index in [1.807, 2.05) is 37.4 Å². The normalized spacial score (nSPS) is 15.5. The Balaban J connectivity index is 1.37. The topological polar surface area (TPSA) is 80.2 Å². The first-order valence-electron chi connectivity index (χ1n) is 11.9. The maximum Gasteiger partial charge on any atom is 0.223 e. The van der Waals surface area contributed by atoms with E-state index in [2.05, 4.69) is 35.1 Å². The molecule has 1 fully saturated rings. The van der Waals surface area contributed by atoms with Crippen LogP contribution in [0.25, 0.3) is 11.2 Å². The number of rotatable bonds is 7. The highest BCUT2D eigenvalue weighted by Crippen LogP contribution is 2.26. The molecule has 3 heterocycles. The highest BCUT2D eigenvalue weighted by molar-refractivity contribution is 5.80. The summed E-state index contributed by atoms with van der Waals surface area (Å²) in [6.45, 7) is 7.87. The van der Waals surface area contributed by atoms with Crippen LogP contribution in [0.3, 0.4) is 0 Å². The zero-order valence-corrected chi connectivity index (χ0v) is 20.0. The Kier molecular flexibility index (Phi) is 7.06. The van der Waals surface area contributed by atoms with Crippen LogP contribution < -0.4 is 15.0 Å². The number of hydrogen-bond donors (Lipinski definition) is 1. The highest BCUT2D eigenvalue weighted by Gasteiger charge is 2.26. The average Bonchev–Trinajstić information content (AvgIpc) is 2.87. The van der Waals surface area contributed by atoms with Crippen molar-refractivity contribution in [3.05, 3.63) is 53.5 Å². The van der Waals surface area contributed by atoms with Crippen LogP contribution in [0.4, 0.5) is 5.69 Å². The molecule has 2 aromatic heterocycles. The summed E-state index contributed by atoms with van der Waals surface area (Å²) in [6.07, 6.45) is 5.25. The number of hydrogen-bond acceptors (Lipinski definition) is 6. The second kappa shape index (κ2) is 10.1. The van der Waals surface area contributed by atoms with Crippen molar-refractivity contribution in [2.45, 2.75) is 52.5 Å². The zero-order chi connectivity index (χ0) is 23.4. The van der Waals surface area contributed by atoms with Crippen LogP contribution in [0.1, 0.15) is 56.6 Å². The number of anilines is 1. The molecule has 174 valence electrons.